The maximum atomic E-state index is 12.8. The molecule has 25 heavy (non-hydrogen) atoms. The lowest BCUT2D eigenvalue weighted by Gasteiger charge is -2.04. The molecule has 0 aliphatic carbocycles. The van der Waals surface area contributed by atoms with E-state index < -0.39 is 5.69 Å². The molecule has 0 unspecified atom stereocenters. The fourth-order valence-corrected chi connectivity index (χ4v) is 2.29. The van der Waals surface area contributed by atoms with Gasteiger partial charge in [-0.1, -0.05) is 30.3 Å². The Labute approximate surface area is 142 Å². The molecule has 0 aliphatic heterocycles. The Morgan fingerprint density at radius 2 is 1.76 bits per heavy atom. The van der Waals surface area contributed by atoms with Crippen LogP contribution in [0.3, 0.4) is 0 Å². The highest BCUT2D eigenvalue weighted by Gasteiger charge is 2.11. The zero-order chi connectivity index (χ0) is 17.6. The van der Waals surface area contributed by atoms with Gasteiger partial charge in [0.2, 0.25) is 5.91 Å². The van der Waals surface area contributed by atoms with Gasteiger partial charge in [-0.15, -0.1) is 0 Å². The molecule has 3 aromatic rings. The van der Waals surface area contributed by atoms with E-state index in [9.17, 15) is 14.0 Å². The summed E-state index contributed by atoms with van der Waals surface area (Å²) in [6.45, 7) is 0.168. The van der Waals surface area contributed by atoms with Crippen molar-refractivity contribution >= 4 is 5.91 Å². The molecule has 0 fully saturated rings. The minimum absolute atomic E-state index is 0.213. The van der Waals surface area contributed by atoms with Gasteiger partial charge in [0.25, 0.3) is 0 Å². The molecular weight excluding hydrogens is 325 g/mol. The number of hydrogen-bond acceptors (Lipinski definition) is 4. The summed E-state index contributed by atoms with van der Waals surface area (Å²) in [6, 6.07) is 14.9. The highest BCUT2D eigenvalue weighted by Crippen LogP contribution is 2.03. The first-order valence-electron chi connectivity index (χ1n) is 7.73. The summed E-state index contributed by atoms with van der Waals surface area (Å²) in [4.78, 5) is 24.2. The summed E-state index contributed by atoms with van der Waals surface area (Å²) in [5, 5.41) is 10.2. The van der Waals surface area contributed by atoms with Gasteiger partial charge in [0.05, 0.1) is 5.69 Å². The van der Waals surface area contributed by atoms with E-state index in [1.807, 2.05) is 6.07 Å². The quantitative estimate of drug-likeness (QED) is 0.723. The molecule has 0 aliphatic rings. The van der Waals surface area contributed by atoms with Gasteiger partial charge in [0.1, 0.15) is 12.4 Å². The Balaban J connectivity index is 1.56. The molecule has 0 saturated heterocycles. The molecular formula is C17H16FN5O2. The number of carbonyl (C=O) groups excluding carboxylic acids is 1. The van der Waals surface area contributed by atoms with E-state index in [0.717, 1.165) is 14.9 Å². The van der Waals surface area contributed by atoms with Gasteiger partial charge in [0.15, 0.2) is 0 Å². The Kier molecular flexibility index (Phi) is 4.98. The molecule has 0 saturated carbocycles. The van der Waals surface area contributed by atoms with E-state index in [1.54, 1.807) is 36.4 Å². The predicted octanol–water partition coefficient (Wildman–Crippen LogP) is 0.927. The highest BCUT2D eigenvalue weighted by molar-refractivity contribution is 5.75. The minimum Gasteiger partial charge on any atom is -0.354 e. The maximum Gasteiger partial charge on any atom is 0.368 e. The first-order valence-corrected chi connectivity index (χ1v) is 7.73. The number of rotatable bonds is 6. The summed E-state index contributed by atoms with van der Waals surface area (Å²) < 4.78 is 15.0. The van der Waals surface area contributed by atoms with Gasteiger partial charge in [-0.3, -0.25) is 4.79 Å². The average molecular weight is 341 g/mol. The smallest absolute Gasteiger partial charge is 0.354 e. The predicted molar refractivity (Wildman–Crippen MR) is 88.7 cm³/mol. The van der Waals surface area contributed by atoms with Crippen LogP contribution in [0, 0.1) is 5.82 Å². The number of halogens is 1. The minimum atomic E-state index is -0.486. The van der Waals surface area contributed by atoms with Crippen molar-refractivity contribution < 1.29 is 9.18 Å². The maximum absolute atomic E-state index is 12.8. The van der Waals surface area contributed by atoms with Crippen LogP contribution in [-0.2, 0) is 17.8 Å². The summed E-state index contributed by atoms with van der Waals surface area (Å²) >= 11 is 0. The SMILES string of the molecule is O=C(Cn1nnn(-c2ccccc2)c1=O)NCCc1ccc(F)cc1. The fraction of sp³-hybridized carbons (Fsp3) is 0.176. The van der Waals surface area contributed by atoms with Crippen molar-refractivity contribution in [2.75, 3.05) is 6.54 Å². The Morgan fingerprint density at radius 3 is 2.48 bits per heavy atom. The number of benzene rings is 2. The molecule has 7 nitrogen and oxygen atoms in total. The van der Waals surface area contributed by atoms with E-state index in [2.05, 4.69) is 15.7 Å². The van der Waals surface area contributed by atoms with Crippen molar-refractivity contribution in [2.45, 2.75) is 13.0 Å². The molecule has 0 bridgehead atoms. The number of aromatic nitrogens is 4. The molecule has 0 atom stereocenters. The second-order valence-electron chi connectivity index (χ2n) is 5.39. The normalized spacial score (nSPS) is 10.6. The summed E-state index contributed by atoms with van der Waals surface area (Å²) in [7, 11) is 0. The van der Waals surface area contributed by atoms with Crippen LogP contribution < -0.4 is 11.0 Å². The average Bonchev–Trinajstić information content (AvgIpc) is 2.98. The third-order valence-corrected chi connectivity index (χ3v) is 3.58. The molecule has 1 N–H and O–H groups in total. The number of amides is 1. The number of para-hydroxylation sites is 1. The molecule has 0 radical (unpaired) electrons. The molecule has 1 heterocycles. The van der Waals surface area contributed by atoms with E-state index in [4.69, 9.17) is 0 Å². The van der Waals surface area contributed by atoms with Gasteiger partial charge < -0.3 is 5.32 Å². The number of nitrogens with one attached hydrogen (secondary N) is 1. The van der Waals surface area contributed by atoms with E-state index in [1.165, 1.54) is 12.1 Å². The van der Waals surface area contributed by atoms with Crippen LogP contribution in [0.25, 0.3) is 5.69 Å². The van der Waals surface area contributed by atoms with Gasteiger partial charge in [-0.25, -0.2) is 9.18 Å². The fourth-order valence-electron chi connectivity index (χ4n) is 2.29. The van der Waals surface area contributed by atoms with Crippen LogP contribution in [0.15, 0.2) is 59.4 Å². The summed E-state index contributed by atoms with van der Waals surface area (Å²) in [5.74, 6) is -0.641. The summed E-state index contributed by atoms with van der Waals surface area (Å²) in [5.41, 5.74) is 1.00. The third kappa shape index (κ3) is 4.17. The third-order valence-electron chi connectivity index (χ3n) is 3.58. The molecule has 0 spiro atoms. The van der Waals surface area contributed by atoms with E-state index >= 15 is 0 Å². The molecule has 8 heteroatoms. The molecule has 1 aromatic heterocycles. The van der Waals surface area contributed by atoms with Crippen molar-refractivity contribution in [3.8, 4) is 5.69 Å². The van der Waals surface area contributed by atoms with Crippen molar-refractivity contribution in [2.24, 2.45) is 0 Å². The molecule has 3 rings (SSSR count). The molecule has 128 valence electrons. The number of hydrogen-bond donors (Lipinski definition) is 1. The highest BCUT2D eigenvalue weighted by atomic mass is 19.1. The van der Waals surface area contributed by atoms with Gasteiger partial charge in [-0.2, -0.15) is 9.36 Å². The van der Waals surface area contributed by atoms with Crippen molar-refractivity contribution in [1.82, 2.24) is 25.1 Å². The monoisotopic (exact) mass is 341 g/mol. The molecule has 1 amide bonds. The lowest BCUT2D eigenvalue weighted by molar-refractivity contribution is -0.121. The lowest BCUT2D eigenvalue weighted by atomic mass is 10.1. The van der Waals surface area contributed by atoms with Gasteiger partial charge in [-0.05, 0) is 46.7 Å². The summed E-state index contributed by atoms with van der Waals surface area (Å²) in [6.07, 6.45) is 0.567. The Hall–Kier alpha value is -3.29. The van der Waals surface area contributed by atoms with Crippen LogP contribution in [0.5, 0.6) is 0 Å². The Bertz CT molecular complexity index is 903. The zero-order valence-corrected chi connectivity index (χ0v) is 13.3. The first kappa shape index (κ1) is 16.6. The second kappa shape index (κ2) is 7.52. The Morgan fingerprint density at radius 1 is 1.04 bits per heavy atom. The van der Waals surface area contributed by atoms with Crippen molar-refractivity contribution in [3.05, 3.63) is 76.5 Å². The first-order chi connectivity index (χ1) is 12.1. The van der Waals surface area contributed by atoms with Crippen LogP contribution in [-0.4, -0.2) is 32.2 Å². The number of carbonyl (C=O) groups is 1. The van der Waals surface area contributed by atoms with Gasteiger partial charge in [0, 0.05) is 6.54 Å². The molecule has 2 aromatic carbocycles. The standard InChI is InChI=1S/C17H16FN5O2/c18-14-8-6-13(7-9-14)10-11-19-16(24)12-22-17(25)23(21-20-22)15-4-2-1-3-5-15/h1-9H,10-12H2,(H,19,24). The van der Waals surface area contributed by atoms with E-state index in [-0.39, 0.29) is 18.3 Å². The van der Waals surface area contributed by atoms with Crippen molar-refractivity contribution in [1.29, 1.82) is 0 Å². The van der Waals surface area contributed by atoms with Gasteiger partial charge >= 0.3 is 5.69 Å². The topological polar surface area (TPSA) is 81.8 Å². The van der Waals surface area contributed by atoms with Crippen LogP contribution in [0.4, 0.5) is 4.39 Å². The second-order valence-corrected chi connectivity index (χ2v) is 5.39. The number of tetrazole rings is 1. The van der Waals surface area contributed by atoms with Crippen molar-refractivity contribution in [3.63, 3.8) is 0 Å². The van der Waals surface area contributed by atoms with Crippen LogP contribution in [0.1, 0.15) is 5.56 Å². The number of nitrogens with zero attached hydrogens (tertiary/aromatic N) is 4. The lowest BCUT2D eigenvalue weighted by Crippen LogP contribution is -2.34. The largest absolute Gasteiger partial charge is 0.368 e. The van der Waals surface area contributed by atoms with E-state index in [0.29, 0.717) is 18.7 Å². The zero-order valence-electron chi connectivity index (χ0n) is 13.3. The van der Waals surface area contributed by atoms with Crippen LogP contribution >= 0.6 is 0 Å². The van der Waals surface area contributed by atoms with Crippen LogP contribution in [0.2, 0.25) is 0 Å².